The molecule has 0 saturated heterocycles. The lowest BCUT2D eigenvalue weighted by Crippen LogP contribution is -2.25. The molecular formula is C22H15N3O4S. The van der Waals surface area contributed by atoms with Crippen molar-refractivity contribution in [2.24, 2.45) is 0 Å². The highest BCUT2D eigenvalue weighted by Crippen LogP contribution is 2.25. The van der Waals surface area contributed by atoms with Crippen molar-refractivity contribution >= 4 is 39.4 Å². The quantitative estimate of drug-likeness (QED) is 0.402. The third-order valence-corrected chi connectivity index (χ3v) is 5.54. The molecule has 0 aliphatic carbocycles. The summed E-state index contributed by atoms with van der Waals surface area (Å²) in [6, 6.07) is 17.1. The predicted molar refractivity (Wildman–Crippen MR) is 113 cm³/mol. The van der Waals surface area contributed by atoms with E-state index in [-0.39, 0.29) is 18.7 Å². The first kappa shape index (κ1) is 18.3. The van der Waals surface area contributed by atoms with E-state index in [9.17, 15) is 9.59 Å². The molecule has 0 N–H and O–H groups in total. The van der Waals surface area contributed by atoms with Crippen molar-refractivity contribution in [2.75, 3.05) is 0 Å². The van der Waals surface area contributed by atoms with E-state index in [1.165, 1.54) is 22.2 Å². The summed E-state index contributed by atoms with van der Waals surface area (Å²) < 4.78 is 12.1. The minimum atomic E-state index is -0.552. The number of thiazole rings is 1. The minimum Gasteiger partial charge on any atom is -0.458 e. The number of aromatic nitrogens is 3. The van der Waals surface area contributed by atoms with Crippen molar-refractivity contribution in [2.45, 2.75) is 13.2 Å². The van der Waals surface area contributed by atoms with Gasteiger partial charge in [-0.3, -0.25) is 14.2 Å². The number of furan rings is 1. The number of carbonyl (C=O) groups is 1. The molecule has 8 heteroatoms. The van der Waals surface area contributed by atoms with E-state index in [0.29, 0.717) is 16.8 Å². The van der Waals surface area contributed by atoms with E-state index in [2.05, 4.69) is 9.97 Å². The van der Waals surface area contributed by atoms with Crippen molar-refractivity contribution in [3.8, 4) is 10.6 Å². The summed E-state index contributed by atoms with van der Waals surface area (Å²) in [4.78, 5) is 33.7. The number of esters is 1. The molecule has 5 rings (SSSR count). The van der Waals surface area contributed by atoms with Gasteiger partial charge in [0.25, 0.3) is 5.56 Å². The van der Waals surface area contributed by atoms with Crippen LogP contribution in [0.3, 0.4) is 0 Å². The number of rotatable bonds is 5. The highest BCUT2D eigenvalue weighted by Gasteiger charge is 2.15. The molecule has 0 fully saturated rings. The molecule has 2 aromatic carbocycles. The molecule has 7 nitrogen and oxygen atoms in total. The number of benzene rings is 2. The lowest BCUT2D eigenvalue weighted by molar-refractivity contribution is -0.145. The fourth-order valence-corrected chi connectivity index (χ4v) is 3.96. The molecule has 0 radical (unpaired) electrons. The van der Waals surface area contributed by atoms with Crippen molar-refractivity contribution in [1.29, 1.82) is 0 Å². The van der Waals surface area contributed by atoms with Crippen LogP contribution in [-0.2, 0) is 22.7 Å². The fraction of sp³-hybridized carbons (Fsp3) is 0.0909. The molecule has 148 valence electrons. The third kappa shape index (κ3) is 3.37. The van der Waals surface area contributed by atoms with Crippen LogP contribution in [-0.4, -0.2) is 20.5 Å². The summed E-state index contributed by atoms with van der Waals surface area (Å²) in [5.41, 5.74) is 2.43. The lowest BCUT2D eigenvalue weighted by atomic mass is 10.2. The Morgan fingerprint density at radius 3 is 2.77 bits per heavy atom. The Morgan fingerprint density at radius 2 is 1.90 bits per heavy atom. The zero-order valence-electron chi connectivity index (χ0n) is 15.6. The van der Waals surface area contributed by atoms with Crippen LogP contribution in [0.15, 0.2) is 75.5 Å². The van der Waals surface area contributed by atoms with Gasteiger partial charge in [0.15, 0.2) is 0 Å². The molecule has 3 heterocycles. The smallest absolute Gasteiger partial charge is 0.326 e. The van der Waals surface area contributed by atoms with Crippen molar-refractivity contribution in [3.05, 3.63) is 82.4 Å². The number of fused-ring (bicyclic) bond motifs is 3. The topological polar surface area (TPSA) is 87.2 Å². The predicted octanol–water partition coefficient (Wildman–Crippen LogP) is 4.01. The van der Waals surface area contributed by atoms with Gasteiger partial charge >= 0.3 is 5.97 Å². The Kier molecular flexibility index (Phi) is 4.61. The molecule has 3 aromatic heterocycles. The second kappa shape index (κ2) is 7.57. The van der Waals surface area contributed by atoms with Crippen LogP contribution in [0.5, 0.6) is 0 Å². The molecule has 0 saturated carbocycles. The molecule has 0 aliphatic heterocycles. The number of hydrogen-bond donors (Lipinski definition) is 0. The maximum absolute atomic E-state index is 12.7. The average Bonchev–Trinajstić information content (AvgIpc) is 3.40. The van der Waals surface area contributed by atoms with E-state index < -0.39 is 11.5 Å². The standard InChI is InChI=1S/C22H15N3O4S/c26-18(28-11-15-12-30-21(24-15)14-6-2-1-3-7-14)10-25-13-23-19-16-8-4-5-9-17(16)29-20(19)22(25)27/h1-9,12-13H,10-11H2. The van der Waals surface area contributed by atoms with Crippen LogP contribution in [0.25, 0.3) is 32.6 Å². The first-order valence-corrected chi connectivity index (χ1v) is 10.1. The van der Waals surface area contributed by atoms with Gasteiger partial charge in [-0.2, -0.15) is 0 Å². The second-order valence-corrected chi connectivity index (χ2v) is 7.48. The van der Waals surface area contributed by atoms with Gasteiger partial charge in [-0.25, -0.2) is 9.97 Å². The van der Waals surface area contributed by atoms with E-state index in [1.807, 2.05) is 53.9 Å². The van der Waals surface area contributed by atoms with Gasteiger partial charge in [0.05, 0.1) is 12.0 Å². The highest BCUT2D eigenvalue weighted by molar-refractivity contribution is 7.13. The largest absolute Gasteiger partial charge is 0.458 e. The molecule has 30 heavy (non-hydrogen) atoms. The molecule has 0 unspecified atom stereocenters. The number of para-hydroxylation sites is 1. The molecule has 0 atom stereocenters. The summed E-state index contributed by atoms with van der Waals surface area (Å²) >= 11 is 1.48. The van der Waals surface area contributed by atoms with Gasteiger partial charge in [0.1, 0.15) is 29.3 Å². The summed E-state index contributed by atoms with van der Waals surface area (Å²) in [6.07, 6.45) is 1.34. The number of nitrogens with zero attached hydrogens (tertiary/aromatic N) is 3. The van der Waals surface area contributed by atoms with E-state index in [1.54, 1.807) is 6.07 Å². The lowest BCUT2D eigenvalue weighted by Gasteiger charge is -2.05. The van der Waals surface area contributed by atoms with Crippen molar-refractivity contribution in [1.82, 2.24) is 14.5 Å². The normalized spacial score (nSPS) is 11.2. The van der Waals surface area contributed by atoms with E-state index >= 15 is 0 Å². The fourth-order valence-electron chi connectivity index (χ4n) is 3.15. The second-order valence-electron chi connectivity index (χ2n) is 6.62. The number of hydrogen-bond acceptors (Lipinski definition) is 7. The van der Waals surface area contributed by atoms with Crippen molar-refractivity contribution in [3.63, 3.8) is 0 Å². The van der Waals surface area contributed by atoms with Crippen LogP contribution >= 0.6 is 11.3 Å². The van der Waals surface area contributed by atoms with Gasteiger partial charge in [-0.15, -0.1) is 11.3 Å². The van der Waals surface area contributed by atoms with E-state index in [4.69, 9.17) is 9.15 Å². The Labute approximate surface area is 174 Å². The van der Waals surface area contributed by atoms with Crippen LogP contribution in [0.2, 0.25) is 0 Å². The molecule has 0 amide bonds. The Balaban J connectivity index is 1.29. The van der Waals surface area contributed by atoms with Gasteiger partial charge < -0.3 is 9.15 Å². The van der Waals surface area contributed by atoms with Gasteiger partial charge in [-0.1, -0.05) is 42.5 Å². The summed E-state index contributed by atoms with van der Waals surface area (Å²) in [5, 5.41) is 3.47. The molecule has 0 spiro atoms. The van der Waals surface area contributed by atoms with Gasteiger partial charge in [-0.05, 0) is 12.1 Å². The van der Waals surface area contributed by atoms with Crippen LogP contribution < -0.4 is 5.56 Å². The first-order valence-electron chi connectivity index (χ1n) is 9.21. The van der Waals surface area contributed by atoms with Crippen molar-refractivity contribution < 1.29 is 13.9 Å². The van der Waals surface area contributed by atoms with E-state index in [0.717, 1.165) is 16.0 Å². The monoisotopic (exact) mass is 417 g/mol. The first-order chi connectivity index (χ1) is 14.7. The van der Waals surface area contributed by atoms with Crippen LogP contribution in [0, 0.1) is 0 Å². The Morgan fingerprint density at radius 1 is 1.10 bits per heavy atom. The van der Waals surface area contributed by atoms with Crippen LogP contribution in [0.1, 0.15) is 5.69 Å². The maximum atomic E-state index is 12.7. The zero-order valence-corrected chi connectivity index (χ0v) is 16.5. The Hall–Kier alpha value is -3.78. The number of ether oxygens (including phenoxy) is 1. The van der Waals surface area contributed by atoms with Gasteiger partial charge in [0, 0.05) is 16.3 Å². The maximum Gasteiger partial charge on any atom is 0.326 e. The summed E-state index contributed by atoms with van der Waals surface area (Å²) in [6.45, 7) is -0.217. The molecular weight excluding hydrogens is 402 g/mol. The minimum absolute atomic E-state index is 0.0389. The third-order valence-electron chi connectivity index (χ3n) is 4.60. The zero-order chi connectivity index (χ0) is 20.5. The van der Waals surface area contributed by atoms with Crippen LogP contribution in [0.4, 0.5) is 0 Å². The highest BCUT2D eigenvalue weighted by atomic mass is 32.1. The summed E-state index contributed by atoms with van der Waals surface area (Å²) in [5.74, 6) is -0.552. The Bertz CT molecular complexity index is 1420. The van der Waals surface area contributed by atoms with Gasteiger partial charge in [0.2, 0.25) is 5.58 Å². The average molecular weight is 417 g/mol. The molecule has 0 bridgehead atoms. The molecule has 0 aliphatic rings. The molecule has 5 aromatic rings. The summed E-state index contributed by atoms with van der Waals surface area (Å²) in [7, 11) is 0. The SMILES string of the molecule is O=C(Cn1cnc2c(oc3ccccc32)c1=O)OCc1csc(-c2ccccc2)n1. The number of carbonyl (C=O) groups excluding carboxylic acids is 1.